The van der Waals surface area contributed by atoms with Crippen molar-refractivity contribution < 1.29 is 13.3 Å². The predicted molar refractivity (Wildman–Crippen MR) is 77.8 cm³/mol. The van der Waals surface area contributed by atoms with Gasteiger partial charge in [0.25, 0.3) is 0 Å². The van der Waals surface area contributed by atoms with Gasteiger partial charge in [-0.2, -0.15) is 0 Å². The molecule has 0 aliphatic carbocycles. The zero-order valence-electron chi connectivity index (χ0n) is 11.6. The largest absolute Gasteiger partial charge is 0.504 e. The number of hydrogen-bond donors (Lipinski definition) is 0. The smallest absolute Gasteiger partial charge is 0.377 e. The highest BCUT2D eigenvalue weighted by Crippen LogP contribution is 2.19. The predicted octanol–water partition coefficient (Wildman–Crippen LogP) is 3.24. The first-order chi connectivity index (χ1) is 7.95. The first-order valence-corrected chi connectivity index (χ1v) is 11.3. The summed E-state index contributed by atoms with van der Waals surface area (Å²) in [7, 11) is -0.550. The molecular weight excluding hydrogens is 248 g/mol. The monoisotopic (exact) mass is 274 g/mol. The Morgan fingerprint density at radius 3 is 2.06 bits per heavy atom. The Hall–Kier alpha value is -0.206. The van der Waals surface area contributed by atoms with Gasteiger partial charge in [0.1, 0.15) is 0 Å². The minimum atomic E-state index is -2.50. The summed E-state index contributed by atoms with van der Waals surface area (Å²) >= 11 is 0. The fraction of sp³-hybridized carbons (Fsp3) is 0.667. The summed E-state index contributed by atoms with van der Waals surface area (Å²) in [5.41, 5.74) is 0. The van der Waals surface area contributed by atoms with Crippen LogP contribution >= 0.6 is 0 Å². The van der Waals surface area contributed by atoms with E-state index in [1.165, 1.54) is 6.04 Å². The van der Waals surface area contributed by atoms with Gasteiger partial charge < -0.3 is 13.3 Å². The summed E-state index contributed by atoms with van der Waals surface area (Å²) in [6, 6.07) is 1.84. The normalized spacial score (nSPS) is 12.5. The zero-order chi connectivity index (χ0) is 13.4. The molecule has 0 radical (unpaired) electrons. The van der Waals surface area contributed by atoms with Crippen LogP contribution in [0.5, 0.6) is 0 Å². The van der Waals surface area contributed by atoms with Gasteiger partial charge in [-0.25, -0.2) is 0 Å². The van der Waals surface area contributed by atoms with Crippen molar-refractivity contribution in [2.24, 2.45) is 0 Å². The van der Waals surface area contributed by atoms with E-state index in [2.05, 4.69) is 26.3 Å². The molecule has 17 heavy (non-hydrogen) atoms. The molecule has 0 atom stereocenters. The van der Waals surface area contributed by atoms with E-state index in [0.29, 0.717) is 6.04 Å². The number of rotatable bonds is 10. The van der Waals surface area contributed by atoms with Crippen LogP contribution < -0.4 is 0 Å². The molecule has 0 N–H and O–H groups in total. The van der Waals surface area contributed by atoms with Crippen LogP contribution in [0.3, 0.4) is 0 Å². The Morgan fingerprint density at radius 2 is 1.65 bits per heavy atom. The van der Waals surface area contributed by atoms with E-state index in [1.807, 2.05) is 6.08 Å². The van der Waals surface area contributed by atoms with Crippen LogP contribution in [0.2, 0.25) is 25.2 Å². The van der Waals surface area contributed by atoms with E-state index >= 15 is 0 Å². The summed E-state index contributed by atoms with van der Waals surface area (Å²) in [6.45, 7) is 12.1. The molecule has 0 aliphatic rings. The highest BCUT2D eigenvalue weighted by Gasteiger charge is 2.39. The van der Waals surface area contributed by atoms with Crippen molar-refractivity contribution in [1.29, 1.82) is 0 Å². The molecule has 0 aromatic rings. The molecular formula is C12H26O3Si2. The highest BCUT2D eigenvalue weighted by molar-refractivity contribution is 6.78. The van der Waals surface area contributed by atoms with E-state index in [0.717, 1.165) is 12.7 Å². The number of hydrogen-bond acceptors (Lipinski definition) is 3. The summed E-state index contributed by atoms with van der Waals surface area (Å²) in [5.74, 6) is 0. The molecule has 0 saturated heterocycles. The van der Waals surface area contributed by atoms with Crippen LogP contribution in [-0.4, -0.2) is 37.3 Å². The average molecular weight is 275 g/mol. The van der Waals surface area contributed by atoms with Crippen molar-refractivity contribution in [2.45, 2.75) is 31.6 Å². The Morgan fingerprint density at radius 1 is 1.06 bits per heavy atom. The van der Waals surface area contributed by atoms with Crippen molar-refractivity contribution in [1.82, 2.24) is 0 Å². The molecule has 0 saturated carbocycles. The summed E-state index contributed by atoms with van der Waals surface area (Å²) in [5, 5.41) is 0. The van der Waals surface area contributed by atoms with Gasteiger partial charge in [0, 0.05) is 26.5 Å². The molecule has 0 aromatic heterocycles. The van der Waals surface area contributed by atoms with Crippen molar-refractivity contribution >= 4 is 16.9 Å². The Kier molecular flexibility index (Phi) is 7.90. The maximum Gasteiger partial charge on any atom is 0.504 e. The fourth-order valence-corrected chi connectivity index (χ4v) is 6.25. The molecule has 0 fully saturated rings. The van der Waals surface area contributed by atoms with Crippen LogP contribution in [0.4, 0.5) is 0 Å². The summed E-state index contributed by atoms with van der Waals surface area (Å²) < 4.78 is 16.9. The lowest BCUT2D eigenvalue weighted by Gasteiger charge is -2.30. The first-order valence-electron chi connectivity index (χ1n) is 5.91. The second-order valence-electron chi connectivity index (χ2n) is 4.86. The van der Waals surface area contributed by atoms with Crippen molar-refractivity contribution in [2.75, 3.05) is 20.4 Å². The molecule has 0 heterocycles. The van der Waals surface area contributed by atoms with Gasteiger partial charge in [0.2, 0.25) is 0 Å². The zero-order valence-corrected chi connectivity index (χ0v) is 13.6. The molecule has 0 spiro atoms. The lowest BCUT2D eigenvalue weighted by Crippen LogP contribution is -2.48. The third kappa shape index (κ3) is 6.33. The van der Waals surface area contributed by atoms with Crippen molar-refractivity contribution in [3.63, 3.8) is 0 Å². The molecule has 0 unspecified atom stereocenters. The second-order valence-corrected chi connectivity index (χ2v) is 12.9. The quantitative estimate of drug-likeness (QED) is 0.452. The standard InChI is InChI=1S/C12H26O3Si2/c1-7-9-11-16(5,6)12-15-17(13-3,14-4)10-8-2/h7-8H,1-2,9-12H2,3-6H3. The molecule has 0 aliphatic heterocycles. The summed E-state index contributed by atoms with van der Waals surface area (Å²) in [6.07, 6.45) is 5.59. The van der Waals surface area contributed by atoms with E-state index < -0.39 is 16.9 Å². The Bertz CT molecular complexity index is 238. The van der Waals surface area contributed by atoms with Crippen LogP contribution in [0.25, 0.3) is 0 Å². The van der Waals surface area contributed by atoms with Crippen LogP contribution in [0.1, 0.15) is 6.42 Å². The van der Waals surface area contributed by atoms with E-state index in [1.54, 1.807) is 20.3 Å². The van der Waals surface area contributed by atoms with Gasteiger partial charge in [-0.05, 0) is 6.42 Å². The van der Waals surface area contributed by atoms with E-state index in [4.69, 9.17) is 13.3 Å². The second kappa shape index (κ2) is 7.99. The van der Waals surface area contributed by atoms with Gasteiger partial charge in [-0.1, -0.05) is 31.3 Å². The first kappa shape index (κ1) is 16.8. The molecule has 0 bridgehead atoms. The molecule has 3 nitrogen and oxygen atoms in total. The van der Waals surface area contributed by atoms with Gasteiger partial charge in [-0.15, -0.1) is 13.2 Å². The van der Waals surface area contributed by atoms with Gasteiger partial charge in [-0.3, -0.25) is 0 Å². The van der Waals surface area contributed by atoms with Crippen molar-refractivity contribution in [3.05, 3.63) is 25.3 Å². The lowest BCUT2D eigenvalue weighted by molar-refractivity contribution is 0.117. The molecule has 0 amide bonds. The van der Waals surface area contributed by atoms with Crippen LogP contribution in [0, 0.1) is 0 Å². The van der Waals surface area contributed by atoms with Crippen molar-refractivity contribution in [3.8, 4) is 0 Å². The minimum absolute atomic E-state index is 0.659. The van der Waals surface area contributed by atoms with Gasteiger partial charge in [0.15, 0.2) is 0 Å². The molecule has 100 valence electrons. The third-order valence-electron chi connectivity index (χ3n) is 2.72. The van der Waals surface area contributed by atoms with E-state index in [9.17, 15) is 0 Å². The lowest BCUT2D eigenvalue weighted by atomic mass is 10.5. The Balaban J connectivity index is 4.37. The maximum atomic E-state index is 5.98. The topological polar surface area (TPSA) is 27.7 Å². The highest BCUT2D eigenvalue weighted by atomic mass is 28.4. The molecule has 0 aromatic carbocycles. The number of allylic oxidation sites excluding steroid dienone is 2. The fourth-order valence-electron chi connectivity index (χ4n) is 1.47. The minimum Gasteiger partial charge on any atom is -0.377 e. The Labute approximate surface area is 108 Å². The summed E-state index contributed by atoms with van der Waals surface area (Å²) in [4.78, 5) is 0. The maximum absolute atomic E-state index is 5.98. The van der Waals surface area contributed by atoms with Gasteiger partial charge in [0.05, 0.1) is 8.07 Å². The SMILES string of the molecule is C=CCC[Si](C)(C)CO[Si](CC=C)(OC)OC. The van der Waals surface area contributed by atoms with Crippen LogP contribution in [-0.2, 0) is 13.3 Å². The average Bonchev–Trinajstić information content (AvgIpc) is 2.32. The third-order valence-corrected chi connectivity index (χ3v) is 8.20. The van der Waals surface area contributed by atoms with Gasteiger partial charge >= 0.3 is 8.80 Å². The van der Waals surface area contributed by atoms with E-state index in [-0.39, 0.29) is 0 Å². The molecule has 0 rings (SSSR count). The van der Waals surface area contributed by atoms with Crippen LogP contribution in [0.15, 0.2) is 25.3 Å². The molecule has 5 heteroatoms.